The quantitative estimate of drug-likeness (QED) is 0.373. The summed E-state index contributed by atoms with van der Waals surface area (Å²) >= 11 is 3.49. The van der Waals surface area contributed by atoms with Crippen LogP contribution >= 0.6 is 15.9 Å². The van der Waals surface area contributed by atoms with Gasteiger partial charge in [0.2, 0.25) is 0 Å². The summed E-state index contributed by atoms with van der Waals surface area (Å²) in [6.07, 6.45) is 3.06. The van der Waals surface area contributed by atoms with Gasteiger partial charge in [-0.1, -0.05) is 26.8 Å². The molecule has 1 aliphatic rings. The summed E-state index contributed by atoms with van der Waals surface area (Å²) in [5.74, 6) is 1.42. The van der Waals surface area contributed by atoms with Gasteiger partial charge in [-0.25, -0.2) is 9.19 Å². The van der Waals surface area contributed by atoms with Gasteiger partial charge in [0.05, 0.1) is 15.7 Å². The monoisotopic (exact) mass is 488 g/mol. The molecule has 4 nitrogen and oxygen atoms in total. The van der Waals surface area contributed by atoms with Gasteiger partial charge in [-0.3, -0.25) is 5.14 Å². The van der Waals surface area contributed by atoms with Crippen LogP contribution in [0.1, 0.15) is 65.5 Å². The molecule has 1 fully saturated rings. The van der Waals surface area contributed by atoms with Gasteiger partial charge in [0, 0.05) is 18.2 Å². The van der Waals surface area contributed by atoms with Gasteiger partial charge in [0.15, 0.2) is 8.32 Å². The van der Waals surface area contributed by atoms with E-state index < -0.39 is 24.1 Å². The van der Waals surface area contributed by atoms with Gasteiger partial charge in [0.25, 0.3) is 0 Å². The van der Waals surface area contributed by atoms with Gasteiger partial charge >= 0.3 is 0 Å². The van der Waals surface area contributed by atoms with Crippen molar-refractivity contribution in [2.75, 3.05) is 6.61 Å². The number of nitrogens with two attached hydrogens (primary N) is 1. The Hall–Kier alpha value is -0.0831. The first kappa shape index (κ1) is 24.2. The molecule has 2 rings (SSSR count). The molecular weight excluding hydrogens is 452 g/mol. The highest BCUT2D eigenvalue weighted by Gasteiger charge is 2.42. The molecule has 0 amide bonds. The van der Waals surface area contributed by atoms with E-state index >= 15 is 0 Å². The lowest BCUT2D eigenvalue weighted by atomic mass is 9.66. The van der Waals surface area contributed by atoms with Crippen LogP contribution in [0.2, 0.25) is 18.1 Å². The first-order valence-electron chi connectivity index (χ1n) is 10.2. The van der Waals surface area contributed by atoms with E-state index in [4.69, 9.17) is 14.5 Å². The van der Waals surface area contributed by atoms with Crippen molar-refractivity contribution in [3.63, 3.8) is 0 Å². The summed E-state index contributed by atoms with van der Waals surface area (Å²) in [4.78, 5) is 4.72. The largest absolute Gasteiger partial charge is 0.417 e. The van der Waals surface area contributed by atoms with Gasteiger partial charge in [-0.2, -0.15) is 0 Å². The Morgan fingerprint density at radius 2 is 1.89 bits per heavy atom. The van der Waals surface area contributed by atoms with E-state index in [9.17, 15) is 4.21 Å². The van der Waals surface area contributed by atoms with Gasteiger partial charge in [0.1, 0.15) is 4.60 Å². The summed E-state index contributed by atoms with van der Waals surface area (Å²) in [5.41, 5.74) is 1.07. The van der Waals surface area contributed by atoms with Crippen LogP contribution in [-0.2, 0) is 15.4 Å². The lowest BCUT2D eigenvalue weighted by molar-refractivity contribution is 0.0892. The Bertz CT molecular complexity index is 700. The van der Waals surface area contributed by atoms with E-state index in [2.05, 4.69) is 55.9 Å². The number of aromatic nitrogens is 1. The van der Waals surface area contributed by atoms with Gasteiger partial charge in [-0.05, 0) is 91.1 Å². The Morgan fingerprint density at radius 1 is 1.29 bits per heavy atom. The minimum absolute atomic E-state index is 0.244. The molecule has 1 aromatic rings. The van der Waals surface area contributed by atoms with Gasteiger partial charge in [-0.15, -0.1) is 0 Å². The number of rotatable bonds is 8. The third-order valence-corrected chi connectivity index (χ3v) is 12.9. The van der Waals surface area contributed by atoms with Crippen LogP contribution in [0, 0.1) is 11.8 Å². The van der Waals surface area contributed by atoms with E-state index in [0.717, 1.165) is 36.2 Å². The van der Waals surface area contributed by atoms with E-state index in [1.54, 1.807) is 0 Å². The molecule has 1 aliphatic carbocycles. The molecule has 2 N–H and O–H groups in total. The molecule has 1 saturated carbocycles. The van der Waals surface area contributed by atoms with Crippen LogP contribution in [0.15, 0.2) is 22.8 Å². The van der Waals surface area contributed by atoms with Crippen molar-refractivity contribution < 1.29 is 8.63 Å². The molecule has 0 radical (unpaired) electrons. The number of hydrogen-bond acceptors (Lipinski definition) is 3. The molecule has 0 saturated heterocycles. The minimum Gasteiger partial charge on any atom is -0.417 e. The number of pyridine rings is 1. The highest BCUT2D eigenvalue weighted by Crippen LogP contribution is 2.47. The molecule has 1 heterocycles. The molecule has 7 heteroatoms. The number of nitrogens with zero attached hydrogens (tertiary/aromatic N) is 1. The lowest BCUT2D eigenvalue weighted by Crippen LogP contribution is -2.44. The van der Waals surface area contributed by atoms with Crippen LogP contribution in [-0.4, -0.2) is 28.9 Å². The second-order valence-electron chi connectivity index (χ2n) is 10.4. The molecule has 0 bridgehead atoms. The maximum atomic E-state index is 12.0. The number of hydrogen-bond donors (Lipinski definition) is 1. The summed E-state index contributed by atoms with van der Waals surface area (Å²) in [7, 11) is -3.06. The zero-order chi connectivity index (χ0) is 21.3. The standard InChI is InChI=1S/C21H37BrN2O2SSi/c1-20(2,3)28(6,7)26-14-15-11-16(12-15)17(13-21(4,5)27(23)25)18-9-8-10-19(22)24-18/h8-10,15-17H,11-14,23H2,1-7H3/t15?,16?,17-,27?/m1/s1. The summed E-state index contributed by atoms with van der Waals surface area (Å²) < 4.78 is 18.9. The van der Waals surface area contributed by atoms with Gasteiger partial charge < -0.3 is 4.43 Å². The van der Waals surface area contributed by atoms with Crippen molar-refractivity contribution in [2.45, 2.75) is 82.7 Å². The molecule has 160 valence electrons. The average Bonchev–Trinajstić information content (AvgIpc) is 2.50. The molecule has 28 heavy (non-hydrogen) atoms. The van der Waals surface area contributed by atoms with Crippen molar-refractivity contribution in [3.05, 3.63) is 28.5 Å². The summed E-state index contributed by atoms with van der Waals surface area (Å²) in [6.45, 7) is 16.3. The Morgan fingerprint density at radius 3 is 2.39 bits per heavy atom. The molecular formula is C21H37BrN2O2SSi. The van der Waals surface area contributed by atoms with Crippen molar-refractivity contribution >= 4 is 35.2 Å². The van der Waals surface area contributed by atoms with Crippen molar-refractivity contribution in [3.8, 4) is 0 Å². The Labute approximate surface area is 183 Å². The third-order valence-electron chi connectivity index (χ3n) is 6.70. The van der Waals surface area contributed by atoms with Crippen molar-refractivity contribution in [1.82, 2.24) is 4.98 Å². The summed E-state index contributed by atoms with van der Waals surface area (Å²) in [6, 6.07) is 6.07. The van der Waals surface area contributed by atoms with Crippen molar-refractivity contribution in [2.24, 2.45) is 17.0 Å². The van der Waals surface area contributed by atoms with Crippen LogP contribution in [0.3, 0.4) is 0 Å². The fourth-order valence-electron chi connectivity index (χ4n) is 3.55. The molecule has 1 unspecified atom stereocenters. The highest BCUT2D eigenvalue weighted by atomic mass is 79.9. The molecule has 0 aromatic carbocycles. The van der Waals surface area contributed by atoms with E-state index in [0.29, 0.717) is 11.8 Å². The Balaban J connectivity index is 2.05. The number of halogens is 1. The second-order valence-corrected chi connectivity index (χ2v) is 17.7. The first-order valence-corrected chi connectivity index (χ1v) is 15.1. The molecule has 2 atom stereocenters. The smallest absolute Gasteiger partial charge is 0.191 e. The SMILES string of the molecule is CC(C)(C[C@@H](c1cccc(Br)n1)C1CC(CO[Si](C)(C)C(C)(C)C)C1)S(N)=O. The third kappa shape index (κ3) is 5.97. The maximum absolute atomic E-state index is 12.0. The molecule has 0 spiro atoms. The van der Waals surface area contributed by atoms with Crippen LogP contribution in [0.25, 0.3) is 0 Å². The first-order chi connectivity index (χ1) is 12.7. The van der Waals surface area contributed by atoms with E-state index in [1.165, 1.54) is 0 Å². The van der Waals surface area contributed by atoms with Crippen LogP contribution < -0.4 is 5.14 Å². The predicted octanol–water partition coefficient (Wildman–Crippen LogP) is 5.77. The summed E-state index contributed by atoms with van der Waals surface area (Å²) in [5, 5.41) is 6.02. The normalized spacial score (nSPS) is 23.2. The lowest BCUT2D eigenvalue weighted by Gasteiger charge is -2.44. The van der Waals surface area contributed by atoms with Crippen molar-refractivity contribution in [1.29, 1.82) is 0 Å². The Kier molecular flexibility index (Phi) is 7.74. The molecule has 0 aliphatic heterocycles. The fraction of sp³-hybridized carbons (Fsp3) is 0.762. The topological polar surface area (TPSA) is 65.2 Å². The van der Waals surface area contributed by atoms with E-state index in [-0.39, 0.29) is 11.0 Å². The highest BCUT2D eigenvalue weighted by molar-refractivity contribution is 9.10. The molecule has 1 aromatic heterocycles. The van der Waals surface area contributed by atoms with E-state index in [1.807, 2.05) is 26.0 Å². The van der Waals surface area contributed by atoms with Crippen LogP contribution in [0.4, 0.5) is 0 Å². The predicted molar refractivity (Wildman–Crippen MR) is 125 cm³/mol. The average molecular weight is 490 g/mol. The second kappa shape index (κ2) is 8.96. The maximum Gasteiger partial charge on any atom is 0.191 e. The van der Waals surface area contributed by atoms with Crippen LogP contribution in [0.5, 0.6) is 0 Å². The zero-order valence-corrected chi connectivity index (χ0v) is 21.8. The minimum atomic E-state index is -1.70. The zero-order valence-electron chi connectivity index (χ0n) is 18.4. The fourth-order valence-corrected chi connectivity index (χ4v) is 5.34.